The molecule has 0 saturated carbocycles. The smallest absolute Gasteiger partial charge is 0.255 e. The number of hydrogen-bond acceptors (Lipinski definition) is 1. The number of pyridine rings is 1. The number of rotatable bonds is 1. The van der Waals surface area contributed by atoms with Gasteiger partial charge in [-0.2, -0.15) is 22.0 Å². The van der Waals surface area contributed by atoms with Gasteiger partial charge in [0.05, 0.1) is 0 Å². The molecule has 0 unspecified atom stereocenters. The van der Waals surface area contributed by atoms with Crippen molar-refractivity contribution in [3.8, 4) is 0 Å². The Bertz CT molecular complexity index is 279. The maximum atomic E-state index is 12.5. The molecule has 0 aromatic carbocycles. The molecule has 0 saturated heterocycles. The van der Waals surface area contributed by atoms with E-state index in [4.69, 9.17) is 0 Å². The van der Waals surface area contributed by atoms with Crippen LogP contribution in [0.4, 0.5) is 22.0 Å². The van der Waals surface area contributed by atoms with Crippen molar-refractivity contribution < 1.29 is 22.0 Å². The molecule has 0 spiro atoms. The number of alkyl halides is 5. The summed E-state index contributed by atoms with van der Waals surface area (Å²) in [5, 5.41) is 0. The zero-order chi connectivity index (χ0) is 10.1. The van der Waals surface area contributed by atoms with Gasteiger partial charge in [-0.05, 0) is 12.1 Å². The topological polar surface area (TPSA) is 12.9 Å². The van der Waals surface area contributed by atoms with Crippen molar-refractivity contribution in [3.05, 3.63) is 30.1 Å². The Morgan fingerprint density at radius 3 is 2.00 bits per heavy atom. The van der Waals surface area contributed by atoms with Gasteiger partial charge >= 0.3 is 12.1 Å². The van der Waals surface area contributed by atoms with Crippen LogP contribution in [0.1, 0.15) is 5.69 Å². The standard InChI is InChI=1S/C7H4F5N/c8-6(9,7(10,11)12)5-3-1-2-4-13-5/h1-4H. The maximum Gasteiger partial charge on any atom is 0.459 e. The Labute approximate surface area is 70.2 Å². The summed E-state index contributed by atoms with van der Waals surface area (Å²) in [4.78, 5) is 2.95. The van der Waals surface area contributed by atoms with Gasteiger partial charge in [-0.25, -0.2) is 0 Å². The van der Waals surface area contributed by atoms with Crippen LogP contribution in [-0.4, -0.2) is 11.2 Å². The fourth-order valence-electron chi connectivity index (χ4n) is 0.694. The summed E-state index contributed by atoms with van der Waals surface area (Å²) in [6.45, 7) is 0. The van der Waals surface area contributed by atoms with Gasteiger partial charge in [0, 0.05) is 6.20 Å². The largest absolute Gasteiger partial charge is 0.459 e. The zero-order valence-electron chi connectivity index (χ0n) is 6.15. The molecule has 1 nitrogen and oxygen atoms in total. The monoisotopic (exact) mass is 197 g/mol. The van der Waals surface area contributed by atoms with Crippen LogP contribution in [0.3, 0.4) is 0 Å². The summed E-state index contributed by atoms with van der Waals surface area (Å²) in [6, 6.07) is 2.96. The van der Waals surface area contributed by atoms with E-state index in [-0.39, 0.29) is 0 Å². The number of hydrogen-bond donors (Lipinski definition) is 0. The second-order valence-electron chi connectivity index (χ2n) is 2.29. The molecule has 0 radical (unpaired) electrons. The average Bonchev–Trinajstić information content (AvgIpc) is 2.04. The molecule has 0 aliphatic rings. The van der Waals surface area contributed by atoms with Gasteiger partial charge in [-0.1, -0.05) is 6.07 Å². The van der Waals surface area contributed by atoms with Gasteiger partial charge < -0.3 is 0 Å². The molecule has 1 aromatic heterocycles. The quantitative estimate of drug-likeness (QED) is 0.630. The van der Waals surface area contributed by atoms with Crippen molar-refractivity contribution in [2.45, 2.75) is 12.1 Å². The first-order valence-corrected chi connectivity index (χ1v) is 3.22. The van der Waals surface area contributed by atoms with Crippen LogP contribution in [0.15, 0.2) is 24.4 Å². The predicted molar refractivity (Wildman–Crippen MR) is 34.2 cm³/mol. The van der Waals surface area contributed by atoms with Crippen LogP contribution in [0.25, 0.3) is 0 Å². The lowest BCUT2D eigenvalue weighted by Crippen LogP contribution is -2.34. The lowest BCUT2D eigenvalue weighted by Gasteiger charge is -2.18. The van der Waals surface area contributed by atoms with Gasteiger partial charge in [-0.15, -0.1) is 0 Å². The molecule has 0 aliphatic carbocycles. The van der Waals surface area contributed by atoms with Gasteiger partial charge in [0.2, 0.25) is 0 Å². The van der Waals surface area contributed by atoms with Gasteiger partial charge in [0.1, 0.15) is 5.69 Å². The first kappa shape index (κ1) is 9.88. The highest BCUT2D eigenvalue weighted by molar-refractivity contribution is 5.11. The van der Waals surface area contributed by atoms with Crippen molar-refractivity contribution in [3.63, 3.8) is 0 Å². The van der Waals surface area contributed by atoms with Crippen molar-refractivity contribution in [2.24, 2.45) is 0 Å². The fourth-order valence-corrected chi connectivity index (χ4v) is 0.694. The van der Waals surface area contributed by atoms with Crippen LogP contribution in [0.5, 0.6) is 0 Å². The lowest BCUT2D eigenvalue weighted by atomic mass is 10.2. The molecule has 0 fully saturated rings. The molecule has 1 aromatic rings. The highest BCUT2D eigenvalue weighted by Crippen LogP contribution is 2.42. The molecule has 13 heavy (non-hydrogen) atoms. The molecule has 1 rings (SSSR count). The first-order valence-electron chi connectivity index (χ1n) is 3.22. The Hall–Kier alpha value is -1.20. The van der Waals surface area contributed by atoms with Gasteiger partial charge in [0.25, 0.3) is 0 Å². The summed E-state index contributed by atoms with van der Waals surface area (Å²) in [5.41, 5.74) is -1.29. The molecule has 0 aliphatic heterocycles. The molecule has 0 atom stereocenters. The Morgan fingerprint density at radius 2 is 1.62 bits per heavy atom. The van der Waals surface area contributed by atoms with Gasteiger partial charge in [0.15, 0.2) is 0 Å². The van der Waals surface area contributed by atoms with Crippen molar-refractivity contribution in [2.75, 3.05) is 0 Å². The predicted octanol–water partition coefficient (Wildman–Crippen LogP) is 2.74. The Kier molecular flexibility index (Phi) is 2.23. The van der Waals surface area contributed by atoms with Crippen LogP contribution >= 0.6 is 0 Å². The van der Waals surface area contributed by atoms with Crippen molar-refractivity contribution >= 4 is 0 Å². The van der Waals surface area contributed by atoms with Crippen LogP contribution in [0, 0.1) is 0 Å². The van der Waals surface area contributed by atoms with E-state index in [1.54, 1.807) is 0 Å². The van der Waals surface area contributed by atoms with E-state index in [0.717, 1.165) is 12.3 Å². The van der Waals surface area contributed by atoms with E-state index in [0.29, 0.717) is 6.07 Å². The summed E-state index contributed by atoms with van der Waals surface area (Å²) in [5.74, 6) is -4.88. The summed E-state index contributed by atoms with van der Waals surface area (Å²) in [6.07, 6.45) is -4.71. The molecule has 6 heteroatoms. The third kappa shape index (κ3) is 1.76. The fraction of sp³-hybridized carbons (Fsp3) is 0.286. The third-order valence-electron chi connectivity index (χ3n) is 1.34. The summed E-state index contributed by atoms with van der Waals surface area (Å²) in [7, 11) is 0. The minimum atomic E-state index is -5.60. The number of aromatic nitrogens is 1. The molecular formula is C7H4F5N. The van der Waals surface area contributed by atoms with E-state index >= 15 is 0 Å². The molecular weight excluding hydrogens is 193 g/mol. The van der Waals surface area contributed by atoms with Crippen LogP contribution in [-0.2, 0) is 5.92 Å². The normalized spacial score (nSPS) is 13.0. The molecule has 0 N–H and O–H groups in total. The second kappa shape index (κ2) is 2.93. The highest BCUT2D eigenvalue weighted by Gasteiger charge is 2.59. The first-order chi connectivity index (χ1) is 5.86. The third-order valence-corrected chi connectivity index (χ3v) is 1.34. The minimum Gasteiger partial charge on any atom is -0.255 e. The minimum absolute atomic E-state index is 0.632. The number of nitrogens with zero attached hydrogens (tertiary/aromatic N) is 1. The lowest BCUT2D eigenvalue weighted by molar-refractivity contribution is -0.290. The highest BCUT2D eigenvalue weighted by atomic mass is 19.4. The van der Waals surface area contributed by atoms with Crippen LogP contribution < -0.4 is 0 Å². The van der Waals surface area contributed by atoms with Crippen LogP contribution in [0.2, 0.25) is 0 Å². The number of halogens is 5. The summed E-state index contributed by atoms with van der Waals surface area (Å²) >= 11 is 0. The van der Waals surface area contributed by atoms with E-state index in [2.05, 4.69) is 4.98 Å². The maximum absolute atomic E-state index is 12.5. The average molecular weight is 197 g/mol. The van der Waals surface area contributed by atoms with E-state index in [1.807, 2.05) is 0 Å². The van der Waals surface area contributed by atoms with E-state index < -0.39 is 17.8 Å². The van der Waals surface area contributed by atoms with Crippen molar-refractivity contribution in [1.82, 2.24) is 4.98 Å². The molecule has 0 amide bonds. The molecule has 1 heterocycles. The SMILES string of the molecule is FC(F)(F)C(F)(F)c1ccccn1. The van der Waals surface area contributed by atoms with Gasteiger partial charge in [-0.3, -0.25) is 4.98 Å². The summed E-state index contributed by atoms with van der Waals surface area (Å²) < 4.78 is 60.1. The zero-order valence-corrected chi connectivity index (χ0v) is 6.15. The van der Waals surface area contributed by atoms with E-state index in [9.17, 15) is 22.0 Å². The Balaban J connectivity index is 3.08. The Morgan fingerprint density at radius 1 is 1.00 bits per heavy atom. The molecule has 72 valence electrons. The molecule has 0 bridgehead atoms. The second-order valence-corrected chi connectivity index (χ2v) is 2.29. The van der Waals surface area contributed by atoms with Crippen molar-refractivity contribution in [1.29, 1.82) is 0 Å². The van der Waals surface area contributed by atoms with E-state index in [1.165, 1.54) is 6.07 Å².